The number of hydrogen-bond acceptors (Lipinski definition) is 2. The maximum atomic E-state index is 14.8. The zero-order chi connectivity index (χ0) is 24.9. The van der Waals surface area contributed by atoms with Gasteiger partial charge in [0.25, 0.3) is 0 Å². The molecule has 2 saturated carbocycles. The summed E-state index contributed by atoms with van der Waals surface area (Å²) in [6, 6.07) is 13.1. The van der Waals surface area contributed by atoms with Crippen LogP contribution in [0.3, 0.4) is 0 Å². The zero-order valence-electron chi connectivity index (χ0n) is 20.8. The van der Waals surface area contributed by atoms with Crippen molar-refractivity contribution in [3.05, 3.63) is 76.8 Å². The number of aromatic nitrogens is 2. The average molecular weight is 508 g/mol. The molecule has 2 aromatic carbocycles. The molecule has 1 unspecified atom stereocenters. The number of rotatable bonds is 7. The Balaban J connectivity index is 1.54. The Morgan fingerprint density at radius 3 is 2.42 bits per heavy atom. The van der Waals surface area contributed by atoms with Gasteiger partial charge in [-0.15, -0.1) is 0 Å². The predicted molar refractivity (Wildman–Crippen MR) is 143 cm³/mol. The van der Waals surface area contributed by atoms with Crippen LogP contribution in [0.4, 0.5) is 4.39 Å². The highest BCUT2D eigenvalue weighted by atomic mass is 35.5. The molecule has 36 heavy (non-hydrogen) atoms. The molecule has 0 saturated heterocycles. The summed E-state index contributed by atoms with van der Waals surface area (Å²) in [4.78, 5) is 18.5. The van der Waals surface area contributed by atoms with Crippen LogP contribution in [-0.2, 0) is 11.2 Å². The summed E-state index contributed by atoms with van der Waals surface area (Å²) < 4.78 is 16.8. The Bertz CT molecular complexity index is 1170. The minimum Gasteiger partial charge on any atom is -0.352 e. The molecule has 0 aliphatic heterocycles. The van der Waals surface area contributed by atoms with Crippen molar-refractivity contribution in [1.29, 1.82) is 0 Å². The number of carbonyl (C=O) groups is 1. The van der Waals surface area contributed by atoms with E-state index in [1.54, 1.807) is 12.3 Å². The molecule has 5 rings (SSSR count). The van der Waals surface area contributed by atoms with E-state index in [1.807, 2.05) is 29.0 Å². The second-order valence-electron chi connectivity index (χ2n) is 10.4. The highest BCUT2D eigenvalue weighted by Gasteiger charge is 2.34. The van der Waals surface area contributed by atoms with Crippen LogP contribution in [0, 0.1) is 11.7 Å². The Morgan fingerprint density at radius 1 is 1.00 bits per heavy atom. The first-order valence-corrected chi connectivity index (χ1v) is 13.8. The summed E-state index contributed by atoms with van der Waals surface area (Å²) in [5.74, 6) is 0.379. The van der Waals surface area contributed by atoms with Crippen LogP contribution >= 0.6 is 11.6 Å². The van der Waals surface area contributed by atoms with E-state index in [9.17, 15) is 9.18 Å². The van der Waals surface area contributed by atoms with Crippen LogP contribution in [0.5, 0.6) is 0 Å². The fourth-order valence-corrected chi connectivity index (χ4v) is 6.35. The second kappa shape index (κ2) is 11.6. The molecule has 2 aliphatic carbocycles. The van der Waals surface area contributed by atoms with E-state index >= 15 is 0 Å². The smallest absolute Gasteiger partial charge is 0.243 e. The quantitative estimate of drug-likeness (QED) is 0.360. The van der Waals surface area contributed by atoms with Gasteiger partial charge < -0.3 is 9.88 Å². The Hall–Kier alpha value is -2.66. The summed E-state index contributed by atoms with van der Waals surface area (Å²) in [6.45, 7) is 0. The fraction of sp³-hybridized carbons (Fsp3) is 0.467. The molecule has 6 heteroatoms. The van der Waals surface area contributed by atoms with Crippen molar-refractivity contribution in [2.24, 2.45) is 5.92 Å². The molecule has 1 heterocycles. The van der Waals surface area contributed by atoms with Gasteiger partial charge in [-0.25, -0.2) is 9.37 Å². The Labute approximate surface area is 218 Å². The summed E-state index contributed by atoms with van der Waals surface area (Å²) in [7, 11) is 0. The predicted octanol–water partition coefficient (Wildman–Crippen LogP) is 7.50. The van der Waals surface area contributed by atoms with E-state index < -0.39 is 5.82 Å². The van der Waals surface area contributed by atoms with E-state index in [0.717, 1.165) is 62.5 Å². The third-order valence-corrected chi connectivity index (χ3v) is 8.30. The number of amides is 1. The van der Waals surface area contributed by atoms with Gasteiger partial charge in [-0.3, -0.25) is 4.79 Å². The number of carbonyl (C=O) groups excluding carboxylic acids is 1. The molecule has 4 nitrogen and oxygen atoms in total. The lowest BCUT2D eigenvalue weighted by Gasteiger charge is -2.33. The summed E-state index contributed by atoms with van der Waals surface area (Å²) >= 11 is 6.62. The Kier molecular flexibility index (Phi) is 8.05. The van der Waals surface area contributed by atoms with Gasteiger partial charge in [-0.1, -0.05) is 86.5 Å². The van der Waals surface area contributed by atoms with Gasteiger partial charge >= 0.3 is 0 Å². The molecule has 0 spiro atoms. The minimum absolute atomic E-state index is 0.0604. The summed E-state index contributed by atoms with van der Waals surface area (Å²) in [5.41, 5.74) is 2.59. The monoisotopic (exact) mass is 507 g/mol. The van der Waals surface area contributed by atoms with Crippen molar-refractivity contribution in [3.63, 3.8) is 0 Å². The molecule has 0 bridgehead atoms. The van der Waals surface area contributed by atoms with Crippen LogP contribution in [0.25, 0.3) is 11.4 Å². The van der Waals surface area contributed by atoms with Crippen LogP contribution in [0.2, 0.25) is 5.02 Å². The lowest BCUT2D eigenvalue weighted by Crippen LogP contribution is -2.43. The van der Waals surface area contributed by atoms with E-state index in [1.165, 1.54) is 18.9 Å². The lowest BCUT2D eigenvalue weighted by molar-refractivity contribution is -0.127. The number of halogens is 2. The van der Waals surface area contributed by atoms with Crippen molar-refractivity contribution >= 4 is 17.5 Å². The molecule has 1 aromatic heterocycles. The molecule has 2 fully saturated rings. The van der Waals surface area contributed by atoms with Gasteiger partial charge in [0.15, 0.2) is 0 Å². The zero-order valence-corrected chi connectivity index (χ0v) is 21.5. The van der Waals surface area contributed by atoms with Gasteiger partial charge in [0.1, 0.15) is 17.7 Å². The van der Waals surface area contributed by atoms with Crippen molar-refractivity contribution < 1.29 is 9.18 Å². The van der Waals surface area contributed by atoms with Crippen LogP contribution in [0.1, 0.15) is 81.4 Å². The molecule has 2 aliphatic rings. The highest BCUT2D eigenvalue weighted by molar-refractivity contribution is 6.33. The summed E-state index contributed by atoms with van der Waals surface area (Å²) in [5, 5.41) is 3.43. The molecule has 1 atom stereocenters. The minimum atomic E-state index is -0.473. The molecule has 1 N–H and O–H groups in total. The number of imidazole rings is 1. The molecular formula is C30H35ClFN3O. The molecular weight excluding hydrogens is 473 g/mol. The number of nitrogens with one attached hydrogen (secondary N) is 1. The Morgan fingerprint density at radius 2 is 1.69 bits per heavy atom. The first-order chi connectivity index (χ1) is 17.6. The molecule has 190 valence electrons. The maximum Gasteiger partial charge on any atom is 0.243 e. The number of hydrogen-bond donors (Lipinski definition) is 1. The molecule has 3 aromatic rings. The van der Waals surface area contributed by atoms with E-state index in [0.29, 0.717) is 17.8 Å². The standard InChI is InChI=1S/C30H35ClFN3O/c31-27-25(32)17-16-23(20-21-10-4-1-5-11-21)26(27)29-33-18-19-35(29)28(22-12-6-2-7-13-22)30(36)34-24-14-8-3-9-15-24/h1,4-5,10-11,16-19,22,24,28H,2-3,6-9,12-15,20H2,(H,34,36). The van der Waals surface area contributed by atoms with Crippen molar-refractivity contribution in [3.8, 4) is 11.4 Å². The van der Waals surface area contributed by atoms with Gasteiger partial charge in [0.05, 0.1) is 5.02 Å². The van der Waals surface area contributed by atoms with Gasteiger partial charge in [0.2, 0.25) is 5.91 Å². The molecule has 0 radical (unpaired) electrons. The van der Waals surface area contributed by atoms with E-state index in [-0.39, 0.29) is 28.9 Å². The van der Waals surface area contributed by atoms with E-state index in [4.69, 9.17) is 11.6 Å². The van der Waals surface area contributed by atoms with Crippen LogP contribution in [-0.4, -0.2) is 21.5 Å². The highest BCUT2D eigenvalue weighted by Crippen LogP contribution is 2.39. The number of benzene rings is 2. The normalized spacial score (nSPS) is 18.2. The van der Waals surface area contributed by atoms with Crippen molar-refractivity contribution in [2.45, 2.75) is 82.7 Å². The molecule has 1 amide bonds. The first kappa shape index (κ1) is 25.0. The van der Waals surface area contributed by atoms with Crippen molar-refractivity contribution in [1.82, 2.24) is 14.9 Å². The first-order valence-electron chi connectivity index (χ1n) is 13.5. The van der Waals surface area contributed by atoms with E-state index in [2.05, 4.69) is 22.4 Å². The van der Waals surface area contributed by atoms with Gasteiger partial charge in [-0.05, 0) is 55.2 Å². The third kappa shape index (κ3) is 5.51. The van der Waals surface area contributed by atoms with Gasteiger partial charge in [-0.2, -0.15) is 0 Å². The second-order valence-corrected chi connectivity index (χ2v) is 10.8. The van der Waals surface area contributed by atoms with Gasteiger partial charge in [0, 0.05) is 24.0 Å². The van der Waals surface area contributed by atoms with Crippen LogP contribution in [0.15, 0.2) is 54.9 Å². The fourth-order valence-electron chi connectivity index (χ4n) is 6.08. The average Bonchev–Trinajstić information content (AvgIpc) is 3.37. The largest absolute Gasteiger partial charge is 0.352 e. The third-order valence-electron chi connectivity index (χ3n) is 7.93. The topological polar surface area (TPSA) is 46.9 Å². The van der Waals surface area contributed by atoms with Crippen molar-refractivity contribution in [2.75, 3.05) is 0 Å². The van der Waals surface area contributed by atoms with Crippen LogP contribution < -0.4 is 5.32 Å². The maximum absolute atomic E-state index is 14.8. The number of nitrogens with zero attached hydrogens (tertiary/aromatic N) is 2. The SMILES string of the molecule is O=C(NC1CCCCC1)C(C1CCCCC1)n1ccnc1-c1c(Cc2ccccc2)ccc(F)c1Cl. The summed E-state index contributed by atoms with van der Waals surface area (Å²) in [6.07, 6.45) is 15.3. The lowest BCUT2D eigenvalue weighted by atomic mass is 9.82.